The second-order valence-electron chi connectivity index (χ2n) is 5.87. The summed E-state index contributed by atoms with van der Waals surface area (Å²) in [5, 5.41) is 8.59. The first-order valence-electron chi connectivity index (χ1n) is 7.99. The summed E-state index contributed by atoms with van der Waals surface area (Å²) in [6.45, 7) is 3.80. The minimum absolute atomic E-state index is 0.0578. The van der Waals surface area contributed by atoms with Gasteiger partial charge >= 0.3 is 0 Å². The van der Waals surface area contributed by atoms with E-state index >= 15 is 0 Å². The van der Waals surface area contributed by atoms with Crippen LogP contribution in [0.4, 0.5) is 5.69 Å². The second kappa shape index (κ2) is 8.94. The molecule has 0 aromatic heterocycles. The lowest BCUT2D eigenvalue weighted by Crippen LogP contribution is -2.35. The molecule has 0 aliphatic carbocycles. The molecule has 0 saturated carbocycles. The largest absolute Gasteiger partial charge is 0.350 e. The van der Waals surface area contributed by atoms with Crippen molar-refractivity contribution in [3.05, 3.63) is 65.7 Å². The van der Waals surface area contributed by atoms with Gasteiger partial charge < -0.3 is 16.0 Å². The quantitative estimate of drug-likeness (QED) is 0.722. The smallest absolute Gasteiger partial charge is 0.251 e. The third-order valence-corrected chi connectivity index (χ3v) is 3.47. The Hall–Kier alpha value is -2.73. The highest BCUT2D eigenvalue weighted by Crippen LogP contribution is 2.11. The third kappa shape index (κ3) is 6.35. The van der Waals surface area contributed by atoms with E-state index in [-0.39, 0.29) is 29.4 Å². The zero-order valence-corrected chi connectivity index (χ0v) is 15.0. The van der Waals surface area contributed by atoms with Gasteiger partial charge in [-0.1, -0.05) is 36.4 Å². The molecule has 0 aliphatic rings. The molecule has 0 spiro atoms. The van der Waals surface area contributed by atoms with Crippen LogP contribution in [0.25, 0.3) is 0 Å². The summed E-state index contributed by atoms with van der Waals surface area (Å²) in [6.07, 6.45) is 0.249. The molecule has 130 valence electrons. The molecule has 2 aromatic carbocycles. The molecule has 0 saturated heterocycles. The fraction of sp³-hybridized carbons (Fsp3) is 0.211. The van der Waals surface area contributed by atoms with Crippen LogP contribution in [0.3, 0.4) is 0 Å². The first-order chi connectivity index (χ1) is 11.9. The Labute approximate surface area is 152 Å². The Balaban J connectivity index is 1.92. The van der Waals surface area contributed by atoms with E-state index in [2.05, 4.69) is 16.0 Å². The molecule has 6 heteroatoms. The Morgan fingerprint density at radius 2 is 1.76 bits per heavy atom. The van der Waals surface area contributed by atoms with Crippen molar-refractivity contribution in [3.63, 3.8) is 0 Å². The molecule has 0 radical (unpaired) electrons. The SMILES string of the molecule is CC(C)NC(=O)c1cccc(NC(=S)NC(=O)Cc2ccccc2)c1. The number of thiocarbonyl (C=S) groups is 1. The number of amides is 2. The van der Waals surface area contributed by atoms with Crippen LogP contribution in [0.1, 0.15) is 29.8 Å². The van der Waals surface area contributed by atoms with Crippen molar-refractivity contribution in [2.24, 2.45) is 0 Å². The van der Waals surface area contributed by atoms with E-state index in [0.29, 0.717) is 11.3 Å². The van der Waals surface area contributed by atoms with Gasteiger partial charge in [-0.05, 0) is 49.8 Å². The standard InChI is InChI=1S/C19H21N3O2S/c1-13(2)20-18(24)15-9-6-10-16(12-15)21-19(25)22-17(23)11-14-7-4-3-5-8-14/h3-10,12-13H,11H2,1-2H3,(H,20,24)(H2,21,22,23,25). The van der Waals surface area contributed by atoms with Crippen LogP contribution in [0, 0.1) is 0 Å². The Morgan fingerprint density at radius 3 is 2.44 bits per heavy atom. The molecular formula is C19H21N3O2S. The van der Waals surface area contributed by atoms with Crippen molar-refractivity contribution in [1.82, 2.24) is 10.6 Å². The number of nitrogens with one attached hydrogen (secondary N) is 3. The van der Waals surface area contributed by atoms with Gasteiger partial charge in [-0.15, -0.1) is 0 Å². The van der Waals surface area contributed by atoms with Crippen LogP contribution in [0.2, 0.25) is 0 Å². The molecule has 0 unspecified atom stereocenters. The summed E-state index contributed by atoms with van der Waals surface area (Å²) in [5.41, 5.74) is 2.08. The van der Waals surface area contributed by atoms with Crippen molar-refractivity contribution >= 4 is 34.8 Å². The number of carbonyl (C=O) groups excluding carboxylic acids is 2. The lowest BCUT2D eigenvalue weighted by molar-refractivity contribution is -0.119. The fourth-order valence-electron chi connectivity index (χ4n) is 2.20. The van der Waals surface area contributed by atoms with Crippen molar-refractivity contribution in [1.29, 1.82) is 0 Å². The third-order valence-electron chi connectivity index (χ3n) is 3.26. The van der Waals surface area contributed by atoms with Gasteiger partial charge in [0.2, 0.25) is 5.91 Å². The van der Waals surface area contributed by atoms with E-state index in [1.54, 1.807) is 24.3 Å². The molecule has 0 heterocycles. The van der Waals surface area contributed by atoms with Crippen LogP contribution < -0.4 is 16.0 Å². The number of hydrogen-bond donors (Lipinski definition) is 3. The van der Waals surface area contributed by atoms with Crippen LogP contribution in [-0.4, -0.2) is 23.0 Å². The lowest BCUT2D eigenvalue weighted by atomic mass is 10.1. The minimum atomic E-state index is -0.197. The van der Waals surface area contributed by atoms with Crippen molar-refractivity contribution < 1.29 is 9.59 Å². The monoisotopic (exact) mass is 355 g/mol. The van der Waals surface area contributed by atoms with Gasteiger partial charge in [0.05, 0.1) is 6.42 Å². The van der Waals surface area contributed by atoms with E-state index in [9.17, 15) is 9.59 Å². The molecule has 2 aromatic rings. The molecule has 2 amide bonds. The summed E-state index contributed by atoms with van der Waals surface area (Å²) >= 11 is 5.16. The molecule has 3 N–H and O–H groups in total. The first-order valence-corrected chi connectivity index (χ1v) is 8.40. The predicted molar refractivity (Wildman–Crippen MR) is 104 cm³/mol. The Morgan fingerprint density at radius 1 is 1.04 bits per heavy atom. The molecule has 0 fully saturated rings. The molecule has 25 heavy (non-hydrogen) atoms. The zero-order chi connectivity index (χ0) is 18.2. The maximum absolute atomic E-state index is 12.0. The summed E-state index contributed by atoms with van der Waals surface area (Å²) in [4.78, 5) is 24.0. The van der Waals surface area contributed by atoms with E-state index < -0.39 is 0 Å². The maximum Gasteiger partial charge on any atom is 0.251 e. The van der Waals surface area contributed by atoms with Gasteiger partial charge in [0.15, 0.2) is 5.11 Å². The molecule has 5 nitrogen and oxygen atoms in total. The topological polar surface area (TPSA) is 70.2 Å². The van der Waals surface area contributed by atoms with Gasteiger partial charge in [0.25, 0.3) is 5.91 Å². The number of anilines is 1. The van der Waals surface area contributed by atoms with Crippen LogP contribution in [-0.2, 0) is 11.2 Å². The zero-order valence-electron chi connectivity index (χ0n) is 14.2. The lowest BCUT2D eigenvalue weighted by Gasteiger charge is -2.12. The van der Waals surface area contributed by atoms with Gasteiger partial charge in [-0.3, -0.25) is 9.59 Å². The highest BCUT2D eigenvalue weighted by atomic mass is 32.1. The van der Waals surface area contributed by atoms with E-state index in [1.807, 2.05) is 44.2 Å². The van der Waals surface area contributed by atoms with E-state index in [0.717, 1.165) is 5.56 Å². The van der Waals surface area contributed by atoms with Crippen molar-refractivity contribution in [3.8, 4) is 0 Å². The average molecular weight is 355 g/mol. The summed E-state index contributed by atoms with van der Waals surface area (Å²) < 4.78 is 0. The van der Waals surface area contributed by atoms with Crippen LogP contribution in [0.15, 0.2) is 54.6 Å². The molecule has 2 rings (SSSR count). The predicted octanol–water partition coefficient (Wildman–Crippen LogP) is 2.88. The Bertz CT molecular complexity index is 760. The first kappa shape index (κ1) is 18.6. The van der Waals surface area contributed by atoms with E-state index in [4.69, 9.17) is 12.2 Å². The van der Waals surface area contributed by atoms with Crippen LogP contribution in [0.5, 0.6) is 0 Å². The minimum Gasteiger partial charge on any atom is -0.350 e. The number of benzene rings is 2. The highest BCUT2D eigenvalue weighted by molar-refractivity contribution is 7.80. The summed E-state index contributed by atoms with van der Waals surface area (Å²) in [7, 11) is 0. The molecular weight excluding hydrogens is 334 g/mol. The van der Waals surface area contributed by atoms with Gasteiger partial charge in [0.1, 0.15) is 0 Å². The number of carbonyl (C=O) groups is 2. The van der Waals surface area contributed by atoms with Crippen molar-refractivity contribution in [2.75, 3.05) is 5.32 Å². The fourth-order valence-corrected chi connectivity index (χ4v) is 2.43. The number of hydrogen-bond acceptors (Lipinski definition) is 3. The molecule has 0 bridgehead atoms. The maximum atomic E-state index is 12.0. The van der Waals surface area contributed by atoms with Crippen molar-refractivity contribution in [2.45, 2.75) is 26.3 Å². The van der Waals surface area contributed by atoms with Gasteiger partial charge in [-0.2, -0.15) is 0 Å². The van der Waals surface area contributed by atoms with Crippen LogP contribution >= 0.6 is 12.2 Å². The van der Waals surface area contributed by atoms with Gasteiger partial charge in [-0.25, -0.2) is 0 Å². The van der Waals surface area contributed by atoms with Gasteiger partial charge in [0, 0.05) is 17.3 Å². The number of rotatable bonds is 5. The van der Waals surface area contributed by atoms with E-state index in [1.165, 1.54) is 0 Å². The normalized spacial score (nSPS) is 10.2. The Kier molecular flexibility index (Phi) is 6.65. The average Bonchev–Trinajstić information content (AvgIpc) is 2.55. The molecule has 0 aliphatic heterocycles. The molecule has 0 atom stereocenters. The second-order valence-corrected chi connectivity index (χ2v) is 6.28. The highest BCUT2D eigenvalue weighted by Gasteiger charge is 2.09. The summed E-state index contributed by atoms with van der Waals surface area (Å²) in [6, 6.07) is 16.4. The summed E-state index contributed by atoms with van der Waals surface area (Å²) in [5.74, 6) is -0.352.